The molecule has 2 aliphatic heterocycles. The minimum Gasteiger partial charge on any atom is -0.465 e. The van der Waals surface area contributed by atoms with E-state index < -0.39 is 9.85 Å². The lowest BCUT2D eigenvalue weighted by Gasteiger charge is -2.18. The highest BCUT2D eigenvalue weighted by molar-refractivity contribution is 6.29. The maximum absolute atomic E-state index is 11.4. The molecule has 47 heavy (non-hydrogen) atoms. The van der Waals surface area contributed by atoms with Crippen molar-refractivity contribution >= 4 is 41.4 Å². The second kappa shape index (κ2) is 17.2. The Kier molecular flexibility index (Phi) is 12.6. The summed E-state index contributed by atoms with van der Waals surface area (Å²) in [5.41, 5.74) is 1.79. The van der Waals surface area contributed by atoms with Crippen molar-refractivity contribution in [3.05, 3.63) is 144 Å². The molecular weight excluding hydrogens is 655 g/mol. The molecule has 0 bridgehead atoms. The van der Waals surface area contributed by atoms with E-state index in [0.29, 0.717) is 72.5 Å². The number of carbonyl (C=O) groups excluding carboxylic acids is 1. The summed E-state index contributed by atoms with van der Waals surface area (Å²) in [6.45, 7) is 3.63. The third-order valence-electron chi connectivity index (χ3n) is 6.42. The monoisotopic (exact) mass is 682 g/mol. The summed E-state index contributed by atoms with van der Waals surface area (Å²) in [4.78, 5) is 46.7. The highest BCUT2D eigenvalue weighted by Gasteiger charge is 2.29. The molecule has 0 unspecified atom stereocenters. The van der Waals surface area contributed by atoms with Crippen molar-refractivity contribution in [2.24, 2.45) is 4.99 Å². The van der Waals surface area contributed by atoms with Gasteiger partial charge in [-0.15, -0.1) is 0 Å². The van der Waals surface area contributed by atoms with E-state index in [9.17, 15) is 25.0 Å². The first kappa shape index (κ1) is 34.3. The van der Waals surface area contributed by atoms with Gasteiger partial charge in [0.15, 0.2) is 17.9 Å². The highest BCUT2D eigenvalue weighted by Crippen LogP contribution is 2.18. The van der Waals surface area contributed by atoms with Gasteiger partial charge in [0.1, 0.15) is 16.1 Å². The van der Waals surface area contributed by atoms with Crippen molar-refractivity contribution in [2.75, 3.05) is 26.2 Å². The average molecular weight is 684 g/mol. The van der Waals surface area contributed by atoms with Crippen molar-refractivity contribution in [3.63, 3.8) is 0 Å². The standard InChI is InChI=1S/C15H13ClN4O3.C10H11ClN4O2.C5H4O2/c16-14-4-3-11(9-18-14)10-19-6-5-17-15(19)13(20(21)22)8-12-2-1-7-23-12;11-9-2-1-8(5-13-9)6-14-4-3-12-10(14)7-15(16)17;6-4-5-2-1-3-7-5/h1-4,7-9H,5-6,10H2;1-2,5,7,12H,3-4,6H2;1-4H/b13-8+;10-7-;. The van der Waals surface area contributed by atoms with E-state index in [-0.39, 0.29) is 5.70 Å². The molecule has 0 saturated carbocycles. The number of carbonyl (C=O) groups is 1. The van der Waals surface area contributed by atoms with Crippen LogP contribution in [0.2, 0.25) is 10.3 Å². The number of nitrogens with one attached hydrogen (secondary N) is 1. The van der Waals surface area contributed by atoms with Crippen LogP contribution < -0.4 is 5.32 Å². The van der Waals surface area contributed by atoms with Gasteiger partial charge in [0.2, 0.25) is 5.84 Å². The second-order valence-electron chi connectivity index (χ2n) is 9.69. The Hall–Kier alpha value is -5.54. The summed E-state index contributed by atoms with van der Waals surface area (Å²) < 4.78 is 9.78. The lowest BCUT2D eigenvalue weighted by atomic mass is 10.2. The van der Waals surface area contributed by atoms with Crippen molar-refractivity contribution in [1.82, 2.24) is 25.1 Å². The number of aldehydes is 1. The van der Waals surface area contributed by atoms with Gasteiger partial charge in [-0.1, -0.05) is 35.3 Å². The van der Waals surface area contributed by atoms with Gasteiger partial charge >= 0.3 is 5.70 Å². The predicted octanol–water partition coefficient (Wildman–Crippen LogP) is 5.17. The largest absolute Gasteiger partial charge is 0.465 e. The predicted molar refractivity (Wildman–Crippen MR) is 172 cm³/mol. The highest BCUT2D eigenvalue weighted by atomic mass is 35.5. The molecule has 17 heteroatoms. The van der Waals surface area contributed by atoms with Crippen molar-refractivity contribution < 1.29 is 23.5 Å². The number of rotatable bonds is 9. The van der Waals surface area contributed by atoms with Crippen LogP contribution >= 0.6 is 23.2 Å². The Balaban J connectivity index is 0.000000182. The third kappa shape index (κ3) is 10.8. The average Bonchev–Trinajstić information content (AvgIpc) is 3.88. The minimum absolute atomic E-state index is 0.0839. The number of furan rings is 2. The van der Waals surface area contributed by atoms with Gasteiger partial charge in [-0.25, -0.2) is 9.97 Å². The number of halogens is 2. The summed E-state index contributed by atoms with van der Waals surface area (Å²) in [7, 11) is 0. The number of hydrogen-bond acceptors (Lipinski definition) is 13. The number of nitro groups is 2. The van der Waals surface area contributed by atoms with Crippen LogP contribution in [0.15, 0.2) is 105 Å². The van der Waals surface area contributed by atoms with Crippen LogP contribution in [0.4, 0.5) is 0 Å². The van der Waals surface area contributed by atoms with Crippen molar-refractivity contribution in [1.29, 1.82) is 0 Å². The Morgan fingerprint density at radius 2 is 1.51 bits per heavy atom. The smallest absolute Gasteiger partial charge is 0.314 e. The van der Waals surface area contributed by atoms with E-state index in [0.717, 1.165) is 23.9 Å². The second-order valence-corrected chi connectivity index (χ2v) is 10.5. The molecule has 0 atom stereocenters. The Labute approximate surface area is 278 Å². The molecule has 1 fully saturated rings. The lowest BCUT2D eigenvalue weighted by molar-refractivity contribution is -0.414. The quantitative estimate of drug-likeness (QED) is 0.106. The molecule has 0 aliphatic carbocycles. The number of aromatic nitrogens is 2. The van der Waals surface area contributed by atoms with Gasteiger partial charge in [-0.05, 0) is 47.5 Å². The van der Waals surface area contributed by atoms with Crippen LogP contribution in [0.1, 0.15) is 27.4 Å². The van der Waals surface area contributed by atoms with Crippen LogP contribution in [0.25, 0.3) is 6.08 Å². The minimum atomic E-state index is -0.458. The Morgan fingerprint density at radius 1 is 0.894 bits per heavy atom. The fourth-order valence-electron chi connectivity index (χ4n) is 4.33. The van der Waals surface area contributed by atoms with Crippen LogP contribution in [0.3, 0.4) is 0 Å². The number of pyridine rings is 2. The molecule has 6 rings (SSSR count). The van der Waals surface area contributed by atoms with Gasteiger partial charge < -0.3 is 24.0 Å². The molecule has 4 aromatic rings. The number of hydrogen-bond donors (Lipinski definition) is 1. The van der Waals surface area contributed by atoms with Gasteiger partial charge in [0, 0.05) is 45.1 Å². The van der Waals surface area contributed by atoms with Gasteiger partial charge in [0.05, 0.1) is 35.0 Å². The van der Waals surface area contributed by atoms with E-state index >= 15 is 0 Å². The van der Waals surface area contributed by atoms with E-state index in [2.05, 4.69) is 24.7 Å². The maximum Gasteiger partial charge on any atom is 0.314 e. The molecule has 6 heterocycles. The van der Waals surface area contributed by atoms with E-state index in [1.165, 1.54) is 18.6 Å². The SMILES string of the molecule is O=Cc1ccco1.O=[N+]([O-])/C(=C/c1ccco1)C1=NCCN1Cc1ccc(Cl)nc1.O=[N+]([O-])/C=C1/NCCN1Cc1ccc(Cl)nc1. The van der Waals surface area contributed by atoms with Crippen LogP contribution in [0, 0.1) is 20.2 Å². The lowest BCUT2D eigenvalue weighted by Crippen LogP contribution is -2.30. The molecule has 15 nitrogen and oxygen atoms in total. The van der Waals surface area contributed by atoms with Gasteiger partial charge in [-0.3, -0.25) is 30.0 Å². The van der Waals surface area contributed by atoms with Crippen molar-refractivity contribution in [2.45, 2.75) is 13.1 Å². The summed E-state index contributed by atoms with van der Waals surface area (Å²) in [6, 6.07) is 13.7. The molecule has 0 radical (unpaired) electrons. The Morgan fingerprint density at radius 3 is 2.00 bits per heavy atom. The molecule has 244 valence electrons. The Bertz CT molecular complexity index is 1710. The first-order valence-corrected chi connectivity index (χ1v) is 14.7. The third-order valence-corrected chi connectivity index (χ3v) is 6.87. The zero-order chi connectivity index (χ0) is 33.6. The topological polar surface area (TPSA) is 186 Å². The van der Waals surface area contributed by atoms with E-state index in [1.807, 2.05) is 21.9 Å². The van der Waals surface area contributed by atoms with Crippen molar-refractivity contribution in [3.8, 4) is 0 Å². The number of amidine groups is 1. The van der Waals surface area contributed by atoms with Crippen LogP contribution in [-0.2, 0) is 13.1 Å². The molecular formula is C30H28Cl2N8O7. The fraction of sp³-hybridized carbons (Fsp3) is 0.200. The zero-order valence-electron chi connectivity index (χ0n) is 24.6. The van der Waals surface area contributed by atoms with Crippen LogP contribution in [-0.4, -0.2) is 67.9 Å². The fourth-order valence-corrected chi connectivity index (χ4v) is 4.55. The zero-order valence-corrected chi connectivity index (χ0v) is 26.2. The summed E-state index contributed by atoms with van der Waals surface area (Å²) in [6.07, 6.45) is 9.29. The molecule has 2 aliphatic rings. The molecule has 0 aromatic carbocycles. The number of nitrogens with zero attached hydrogens (tertiary/aromatic N) is 7. The van der Waals surface area contributed by atoms with Crippen LogP contribution in [0.5, 0.6) is 0 Å². The number of aliphatic imine (C=N–C) groups is 1. The molecule has 0 amide bonds. The first-order chi connectivity index (χ1) is 22.7. The van der Waals surface area contributed by atoms with E-state index in [4.69, 9.17) is 27.6 Å². The molecule has 4 aromatic heterocycles. The van der Waals surface area contributed by atoms with Gasteiger partial charge in [0.25, 0.3) is 6.20 Å². The van der Waals surface area contributed by atoms with Gasteiger partial charge in [-0.2, -0.15) is 0 Å². The molecule has 1 saturated heterocycles. The summed E-state index contributed by atoms with van der Waals surface area (Å²) in [5.74, 6) is 1.67. The maximum atomic E-state index is 11.4. The summed E-state index contributed by atoms with van der Waals surface area (Å²) >= 11 is 11.5. The first-order valence-electron chi connectivity index (χ1n) is 13.9. The summed E-state index contributed by atoms with van der Waals surface area (Å²) in [5, 5.41) is 25.7. The molecule has 0 spiro atoms. The normalized spacial score (nSPS) is 14.8. The molecule has 1 N–H and O–H groups in total. The van der Waals surface area contributed by atoms with E-state index in [1.54, 1.807) is 48.8 Å².